The van der Waals surface area contributed by atoms with Gasteiger partial charge in [-0.15, -0.1) is 0 Å². The highest BCUT2D eigenvalue weighted by atomic mass is 32.2. The number of nitrogens with one attached hydrogen (secondary N) is 1. The van der Waals surface area contributed by atoms with E-state index >= 15 is 0 Å². The second-order valence-corrected chi connectivity index (χ2v) is 9.93. The molecule has 3 aromatic carbocycles. The lowest BCUT2D eigenvalue weighted by atomic mass is 10.1. The lowest BCUT2D eigenvalue weighted by Gasteiger charge is -2.21. The number of hydrazone groups is 1. The van der Waals surface area contributed by atoms with E-state index in [-0.39, 0.29) is 17.2 Å². The molecule has 0 saturated carbocycles. The molecule has 2 N–H and O–H groups in total. The number of aryl methyl sites for hydroxylation is 2. The summed E-state index contributed by atoms with van der Waals surface area (Å²) in [7, 11) is -3.95. The van der Waals surface area contributed by atoms with Gasteiger partial charge in [-0.2, -0.15) is 9.41 Å². The van der Waals surface area contributed by atoms with Crippen molar-refractivity contribution < 1.29 is 23.1 Å². The number of ether oxygens (including phenoxy) is 1. The first-order valence-electron chi connectivity index (χ1n) is 11.1. The Morgan fingerprint density at radius 2 is 1.66 bits per heavy atom. The van der Waals surface area contributed by atoms with Gasteiger partial charge in [0.15, 0.2) is 11.5 Å². The Bertz CT molecular complexity index is 1290. The van der Waals surface area contributed by atoms with Crippen LogP contribution in [0.4, 0.5) is 0 Å². The predicted octanol–water partition coefficient (Wildman–Crippen LogP) is 3.75. The minimum absolute atomic E-state index is 0.0187. The second-order valence-electron chi connectivity index (χ2n) is 7.99. The van der Waals surface area contributed by atoms with Crippen LogP contribution >= 0.6 is 0 Å². The first-order chi connectivity index (χ1) is 16.7. The number of rotatable bonds is 10. The van der Waals surface area contributed by atoms with Crippen molar-refractivity contribution in [3.63, 3.8) is 0 Å². The monoisotopic (exact) mass is 495 g/mol. The summed E-state index contributed by atoms with van der Waals surface area (Å²) in [6.45, 7) is 5.58. The van der Waals surface area contributed by atoms with E-state index in [9.17, 15) is 18.3 Å². The van der Waals surface area contributed by atoms with Crippen molar-refractivity contribution in [2.75, 3.05) is 13.2 Å². The van der Waals surface area contributed by atoms with Gasteiger partial charge in [-0.25, -0.2) is 13.8 Å². The molecule has 184 valence electrons. The van der Waals surface area contributed by atoms with Crippen LogP contribution in [0.3, 0.4) is 0 Å². The average molecular weight is 496 g/mol. The van der Waals surface area contributed by atoms with Crippen LogP contribution in [-0.4, -0.2) is 43.1 Å². The fourth-order valence-electron chi connectivity index (χ4n) is 3.27. The Kier molecular flexibility index (Phi) is 8.62. The SMILES string of the molecule is CCOc1cccc(/C=N\NC(=O)CN(Cc2ccc(C)cc2)S(=O)(=O)c2ccc(C)cc2)c1O. The fourth-order valence-corrected chi connectivity index (χ4v) is 4.65. The average Bonchev–Trinajstić information content (AvgIpc) is 2.83. The molecule has 0 aliphatic heterocycles. The number of sulfonamides is 1. The van der Waals surface area contributed by atoms with Crippen molar-refractivity contribution >= 4 is 22.1 Å². The number of carbonyl (C=O) groups is 1. The molecule has 0 radical (unpaired) electrons. The van der Waals surface area contributed by atoms with Crippen LogP contribution in [0.1, 0.15) is 29.2 Å². The van der Waals surface area contributed by atoms with Crippen LogP contribution in [0.5, 0.6) is 11.5 Å². The van der Waals surface area contributed by atoms with Gasteiger partial charge in [0.2, 0.25) is 10.0 Å². The van der Waals surface area contributed by atoms with Gasteiger partial charge in [0.25, 0.3) is 5.91 Å². The van der Waals surface area contributed by atoms with Crippen LogP contribution < -0.4 is 10.2 Å². The highest BCUT2D eigenvalue weighted by Crippen LogP contribution is 2.28. The summed E-state index contributed by atoms with van der Waals surface area (Å²) < 4.78 is 33.1. The largest absolute Gasteiger partial charge is 0.504 e. The molecule has 0 heterocycles. The molecule has 0 bridgehead atoms. The minimum Gasteiger partial charge on any atom is -0.504 e. The topological polar surface area (TPSA) is 108 Å². The third-order valence-corrected chi connectivity index (χ3v) is 6.99. The number of carbonyl (C=O) groups excluding carboxylic acids is 1. The molecule has 35 heavy (non-hydrogen) atoms. The molecule has 0 saturated heterocycles. The molecule has 0 unspecified atom stereocenters. The fraction of sp³-hybridized carbons (Fsp3) is 0.231. The van der Waals surface area contributed by atoms with E-state index in [4.69, 9.17) is 4.74 Å². The molecule has 0 fully saturated rings. The number of para-hydroxylation sites is 1. The first kappa shape index (κ1) is 25.9. The normalized spacial score (nSPS) is 11.7. The molecule has 0 spiro atoms. The number of nitrogens with zero attached hydrogens (tertiary/aromatic N) is 2. The standard InChI is InChI=1S/C26H29N3O5S/c1-4-34-24-7-5-6-22(26(24)31)16-27-28-25(30)18-29(17-21-12-8-19(2)9-13-21)35(32,33)23-14-10-20(3)11-15-23/h5-16,31H,4,17-18H2,1-3H3,(H,28,30)/b27-16-. The molecule has 0 atom stereocenters. The van der Waals surface area contributed by atoms with Crippen LogP contribution in [0.15, 0.2) is 76.7 Å². The summed E-state index contributed by atoms with van der Waals surface area (Å²) in [6.07, 6.45) is 1.27. The summed E-state index contributed by atoms with van der Waals surface area (Å²) in [4.78, 5) is 12.8. The molecule has 0 aliphatic carbocycles. The van der Waals surface area contributed by atoms with Gasteiger partial charge in [0.1, 0.15) is 0 Å². The van der Waals surface area contributed by atoms with Crippen molar-refractivity contribution in [1.82, 2.24) is 9.73 Å². The molecule has 9 heteroatoms. The molecular weight excluding hydrogens is 466 g/mol. The van der Waals surface area contributed by atoms with Gasteiger partial charge in [-0.1, -0.05) is 53.6 Å². The van der Waals surface area contributed by atoms with E-state index in [0.29, 0.717) is 17.9 Å². The quantitative estimate of drug-likeness (QED) is 0.329. The second kappa shape index (κ2) is 11.6. The van der Waals surface area contributed by atoms with Gasteiger partial charge in [0, 0.05) is 12.1 Å². The highest BCUT2D eigenvalue weighted by Gasteiger charge is 2.27. The smallest absolute Gasteiger partial charge is 0.255 e. The van der Waals surface area contributed by atoms with Crippen molar-refractivity contribution in [1.29, 1.82) is 0 Å². The maximum Gasteiger partial charge on any atom is 0.255 e. The lowest BCUT2D eigenvalue weighted by Crippen LogP contribution is -2.39. The summed E-state index contributed by atoms with van der Waals surface area (Å²) in [5.41, 5.74) is 5.41. The van der Waals surface area contributed by atoms with Crippen LogP contribution in [0.25, 0.3) is 0 Å². The number of benzene rings is 3. The maximum absolute atomic E-state index is 13.3. The summed E-state index contributed by atoms with van der Waals surface area (Å²) in [6, 6.07) is 18.8. The first-order valence-corrected chi connectivity index (χ1v) is 12.5. The molecule has 1 amide bonds. The number of aromatic hydroxyl groups is 1. The van der Waals surface area contributed by atoms with E-state index in [1.54, 1.807) is 37.3 Å². The highest BCUT2D eigenvalue weighted by molar-refractivity contribution is 7.89. The van der Waals surface area contributed by atoms with Crippen molar-refractivity contribution in [2.24, 2.45) is 5.10 Å². The molecular formula is C26H29N3O5S. The zero-order valence-electron chi connectivity index (χ0n) is 19.9. The van der Waals surface area contributed by atoms with Crippen LogP contribution in [-0.2, 0) is 21.4 Å². The lowest BCUT2D eigenvalue weighted by molar-refractivity contribution is -0.121. The third kappa shape index (κ3) is 6.91. The number of hydrogen-bond acceptors (Lipinski definition) is 6. The van der Waals surface area contributed by atoms with E-state index < -0.39 is 22.5 Å². The van der Waals surface area contributed by atoms with Crippen LogP contribution in [0.2, 0.25) is 0 Å². The number of phenols is 1. The Balaban J connectivity index is 1.78. The van der Waals surface area contributed by atoms with Crippen molar-refractivity contribution in [2.45, 2.75) is 32.2 Å². The number of phenolic OH excluding ortho intramolecular Hbond substituents is 1. The van der Waals surface area contributed by atoms with E-state index in [1.807, 2.05) is 38.1 Å². The van der Waals surface area contributed by atoms with Crippen molar-refractivity contribution in [3.05, 3.63) is 89.0 Å². The maximum atomic E-state index is 13.3. The van der Waals surface area contributed by atoms with Gasteiger partial charge < -0.3 is 9.84 Å². The van der Waals surface area contributed by atoms with Gasteiger partial charge in [-0.05, 0) is 50.6 Å². The Morgan fingerprint density at radius 3 is 2.29 bits per heavy atom. The molecule has 3 aromatic rings. The summed E-state index contributed by atoms with van der Waals surface area (Å²) >= 11 is 0. The van der Waals surface area contributed by atoms with Crippen LogP contribution in [0, 0.1) is 13.8 Å². The van der Waals surface area contributed by atoms with Gasteiger partial charge >= 0.3 is 0 Å². The number of amides is 1. The Hall–Kier alpha value is -3.69. The third-order valence-electron chi connectivity index (χ3n) is 5.18. The minimum atomic E-state index is -3.95. The Labute approximate surface area is 205 Å². The zero-order chi connectivity index (χ0) is 25.4. The zero-order valence-corrected chi connectivity index (χ0v) is 20.7. The van der Waals surface area contributed by atoms with E-state index in [1.165, 1.54) is 18.3 Å². The summed E-state index contributed by atoms with van der Waals surface area (Å²) in [5.74, 6) is -0.420. The number of hydrogen-bond donors (Lipinski definition) is 2. The molecule has 0 aromatic heterocycles. The van der Waals surface area contributed by atoms with E-state index in [2.05, 4.69) is 10.5 Å². The van der Waals surface area contributed by atoms with Gasteiger partial charge in [-0.3, -0.25) is 4.79 Å². The molecule has 8 nitrogen and oxygen atoms in total. The predicted molar refractivity (Wildman–Crippen MR) is 135 cm³/mol. The molecule has 0 aliphatic rings. The van der Waals surface area contributed by atoms with Crippen molar-refractivity contribution in [3.8, 4) is 11.5 Å². The molecule has 3 rings (SSSR count). The summed E-state index contributed by atoms with van der Waals surface area (Å²) in [5, 5.41) is 14.1. The van der Waals surface area contributed by atoms with Gasteiger partial charge in [0.05, 0.1) is 24.3 Å². The van der Waals surface area contributed by atoms with E-state index in [0.717, 1.165) is 21.0 Å². The Morgan fingerprint density at radius 1 is 1.03 bits per heavy atom.